The first kappa shape index (κ1) is 24.9. The van der Waals surface area contributed by atoms with E-state index in [1.54, 1.807) is 31.2 Å². The number of fused-ring (bicyclic) bond motifs is 1. The van der Waals surface area contributed by atoms with E-state index < -0.39 is 53.3 Å². The zero-order valence-corrected chi connectivity index (χ0v) is 19.6. The molecule has 1 N–H and O–H groups in total. The molecular formula is C23H23N5O8. The van der Waals surface area contributed by atoms with E-state index in [0.29, 0.717) is 4.57 Å². The second-order valence-corrected chi connectivity index (χ2v) is 8.41. The lowest BCUT2D eigenvalue weighted by Crippen LogP contribution is -2.45. The molecule has 36 heavy (non-hydrogen) atoms. The van der Waals surface area contributed by atoms with Crippen molar-refractivity contribution in [3.63, 3.8) is 0 Å². The van der Waals surface area contributed by atoms with Crippen LogP contribution in [0.2, 0.25) is 0 Å². The molecule has 0 spiro atoms. The molecule has 0 amide bonds. The van der Waals surface area contributed by atoms with E-state index in [1.165, 1.54) is 13.1 Å². The minimum Gasteiger partial charge on any atom is -0.463 e. The highest BCUT2D eigenvalue weighted by molar-refractivity contribution is 5.90. The molecule has 2 aliphatic rings. The van der Waals surface area contributed by atoms with Gasteiger partial charge in [0.05, 0.1) is 12.2 Å². The number of azide groups is 1. The van der Waals surface area contributed by atoms with Crippen LogP contribution in [0, 0.1) is 13.8 Å². The number of nitrogens with zero attached hydrogens (tertiary/aromatic N) is 5. The molecule has 4 rings (SSSR count). The third-order valence-electron chi connectivity index (χ3n) is 6.08. The zero-order chi connectivity index (χ0) is 26.2. The van der Waals surface area contributed by atoms with Gasteiger partial charge in [0.25, 0.3) is 5.56 Å². The van der Waals surface area contributed by atoms with Gasteiger partial charge in [0.1, 0.15) is 23.9 Å². The lowest BCUT2D eigenvalue weighted by molar-refractivity contribution is -0.137. The van der Waals surface area contributed by atoms with Gasteiger partial charge in [-0.25, -0.2) is 19.0 Å². The molecule has 1 saturated heterocycles. The second kappa shape index (κ2) is 9.46. The van der Waals surface area contributed by atoms with Crippen LogP contribution < -0.4 is 11.2 Å². The standard InChI is InChI=1S/C23H23N5O8/c1-4-34-15(29)9-10-27-19(31)13(3)11-28(22(27)33)20-16(30)23(25-26-24)17(35-20)18(23)36-21(32)14-7-5-12(2)6-8-14/h5-11,16-18,20,30H,4H2,1-3H3/b10-9+/t16-,17+,18?,20+,23?/m0/s1. The Bertz CT molecular complexity index is 1410. The molecule has 2 unspecified atom stereocenters. The Hall–Kier alpha value is -4.19. The van der Waals surface area contributed by atoms with Gasteiger partial charge in [-0.15, -0.1) is 0 Å². The monoisotopic (exact) mass is 497 g/mol. The van der Waals surface area contributed by atoms with E-state index in [1.807, 2.05) is 6.92 Å². The number of aromatic nitrogens is 2. The van der Waals surface area contributed by atoms with Crippen molar-refractivity contribution in [1.82, 2.24) is 9.13 Å². The maximum absolute atomic E-state index is 13.0. The first-order valence-corrected chi connectivity index (χ1v) is 11.0. The van der Waals surface area contributed by atoms with Crippen LogP contribution in [0.25, 0.3) is 16.6 Å². The van der Waals surface area contributed by atoms with Crippen LogP contribution in [0.5, 0.6) is 0 Å². The fourth-order valence-corrected chi connectivity index (χ4v) is 4.16. The van der Waals surface area contributed by atoms with E-state index in [0.717, 1.165) is 22.4 Å². The molecule has 0 bridgehead atoms. The highest BCUT2D eigenvalue weighted by Gasteiger charge is 2.79. The summed E-state index contributed by atoms with van der Waals surface area (Å²) in [7, 11) is 0. The third kappa shape index (κ3) is 4.09. The number of aliphatic hydroxyl groups excluding tert-OH is 1. The SMILES string of the molecule is CCOC(=O)/C=C/n1c(=O)c(C)cn([C@@H]2O[C@@H]3C(OC(=O)c4ccc(C)cc4)C3(N=[N+]=[N-])[C@H]2O)c1=O. The number of benzene rings is 1. The van der Waals surface area contributed by atoms with Gasteiger partial charge >= 0.3 is 17.6 Å². The Kier molecular flexibility index (Phi) is 6.55. The van der Waals surface area contributed by atoms with Gasteiger partial charge in [-0.2, -0.15) is 0 Å². The first-order valence-electron chi connectivity index (χ1n) is 11.0. The van der Waals surface area contributed by atoms with Crippen LogP contribution in [-0.2, 0) is 19.0 Å². The third-order valence-corrected chi connectivity index (χ3v) is 6.08. The van der Waals surface area contributed by atoms with Crippen LogP contribution in [0.1, 0.15) is 34.6 Å². The molecular weight excluding hydrogens is 474 g/mol. The molecule has 1 aliphatic heterocycles. The summed E-state index contributed by atoms with van der Waals surface area (Å²) in [5, 5.41) is 14.7. The van der Waals surface area contributed by atoms with Gasteiger partial charge in [-0.05, 0) is 38.4 Å². The lowest BCUT2D eigenvalue weighted by Gasteiger charge is -2.25. The number of esters is 2. The first-order chi connectivity index (χ1) is 17.1. The van der Waals surface area contributed by atoms with Crippen molar-refractivity contribution in [1.29, 1.82) is 0 Å². The summed E-state index contributed by atoms with van der Waals surface area (Å²) in [5.74, 6) is -1.45. The van der Waals surface area contributed by atoms with Crippen LogP contribution >= 0.6 is 0 Å². The molecule has 1 aromatic heterocycles. The van der Waals surface area contributed by atoms with E-state index in [2.05, 4.69) is 10.0 Å². The van der Waals surface area contributed by atoms with Gasteiger partial charge in [-0.1, -0.05) is 22.8 Å². The normalized spacial score (nSPS) is 26.2. The topological polar surface area (TPSA) is 175 Å². The number of hydrogen-bond acceptors (Lipinski definition) is 9. The molecule has 13 heteroatoms. The molecule has 2 fully saturated rings. The smallest absolute Gasteiger partial charge is 0.338 e. The summed E-state index contributed by atoms with van der Waals surface area (Å²) in [5.41, 5.74) is 7.18. The number of aryl methyl sites for hydroxylation is 2. The largest absolute Gasteiger partial charge is 0.463 e. The maximum Gasteiger partial charge on any atom is 0.338 e. The van der Waals surface area contributed by atoms with E-state index in [9.17, 15) is 24.3 Å². The molecule has 2 heterocycles. The van der Waals surface area contributed by atoms with Gasteiger partial charge in [-0.3, -0.25) is 9.36 Å². The van der Waals surface area contributed by atoms with E-state index >= 15 is 0 Å². The lowest BCUT2D eigenvalue weighted by atomic mass is 10.1. The number of carbonyl (C=O) groups excluding carboxylic acids is 2. The van der Waals surface area contributed by atoms with Crippen molar-refractivity contribution in [2.75, 3.05) is 6.61 Å². The minimum absolute atomic E-state index is 0.108. The maximum atomic E-state index is 13.0. The molecule has 13 nitrogen and oxygen atoms in total. The van der Waals surface area contributed by atoms with Crippen molar-refractivity contribution in [2.24, 2.45) is 5.11 Å². The molecule has 1 aromatic carbocycles. The number of rotatable bonds is 7. The van der Waals surface area contributed by atoms with Crippen LogP contribution in [0.3, 0.4) is 0 Å². The van der Waals surface area contributed by atoms with Crippen molar-refractivity contribution in [3.05, 3.63) is 84.5 Å². The fraction of sp³-hybridized carbons (Fsp3) is 0.391. The number of ether oxygens (including phenoxy) is 3. The molecule has 5 atom stereocenters. The van der Waals surface area contributed by atoms with Crippen molar-refractivity contribution >= 4 is 18.1 Å². The summed E-state index contributed by atoms with van der Waals surface area (Å²) in [6.45, 7) is 5.01. The molecule has 188 valence electrons. The second-order valence-electron chi connectivity index (χ2n) is 8.41. The highest BCUT2D eigenvalue weighted by atomic mass is 16.6. The quantitative estimate of drug-likeness (QED) is 0.195. The Balaban J connectivity index is 1.62. The summed E-state index contributed by atoms with van der Waals surface area (Å²) >= 11 is 0. The van der Waals surface area contributed by atoms with Crippen molar-refractivity contribution in [3.8, 4) is 0 Å². The Morgan fingerprint density at radius 1 is 1.28 bits per heavy atom. The van der Waals surface area contributed by atoms with Crippen LogP contribution in [-0.4, -0.2) is 56.6 Å². The molecule has 1 aliphatic carbocycles. The van der Waals surface area contributed by atoms with Gasteiger partial charge in [0.2, 0.25) is 0 Å². The highest BCUT2D eigenvalue weighted by Crippen LogP contribution is 2.58. The van der Waals surface area contributed by atoms with Gasteiger partial charge < -0.3 is 19.3 Å². The predicted molar refractivity (Wildman–Crippen MR) is 124 cm³/mol. The van der Waals surface area contributed by atoms with Gasteiger partial charge in [0.15, 0.2) is 6.23 Å². The number of hydrogen-bond donors (Lipinski definition) is 1. The van der Waals surface area contributed by atoms with Gasteiger partial charge in [0, 0.05) is 28.9 Å². The van der Waals surface area contributed by atoms with Crippen LogP contribution in [0.4, 0.5) is 0 Å². The Labute approximate surface area is 203 Å². The average molecular weight is 497 g/mol. The summed E-state index contributed by atoms with van der Waals surface area (Å²) < 4.78 is 17.6. The molecule has 0 radical (unpaired) electrons. The van der Waals surface area contributed by atoms with Crippen molar-refractivity contribution < 1.29 is 28.9 Å². The average Bonchev–Trinajstić information content (AvgIpc) is 3.33. The fourth-order valence-electron chi connectivity index (χ4n) is 4.16. The minimum atomic E-state index is -1.66. The van der Waals surface area contributed by atoms with Crippen LogP contribution in [0.15, 0.2) is 51.2 Å². The van der Waals surface area contributed by atoms with E-state index in [4.69, 9.17) is 19.7 Å². The Morgan fingerprint density at radius 2 is 1.97 bits per heavy atom. The predicted octanol–water partition coefficient (Wildman–Crippen LogP) is 1.21. The number of aliphatic hydroxyl groups is 1. The Morgan fingerprint density at radius 3 is 2.61 bits per heavy atom. The summed E-state index contributed by atoms with van der Waals surface area (Å²) in [4.78, 5) is 52.5. The summed E-state index contributed by atoms with van der Waals surface area (Å²) in [6, 6.07) is 6.61. The van der Waals surface area contributed by atoms with E-state index in [-0.39, 0.29) is 17.7 Å². The molecule has 2 aromatic rings. The zero-order valence-electron chi connectivity index (χ0n) is 19.6. The molecule has 1 saturated carbocycles. The van der Waals surface area contributed by atoms with Crippen molar-refractivity contribution in [2.45, 2.75) is 50.8 Å². The summed E-state index contributed by atoms with van der Waals surface area (Å²) in [6.07, 6.45) is -1.99. The number of carbonyl (C=O) groups is 2.